The molecule has 4 heterocycles. The van der Waals surface area contributed by atoms with Gasteiger partial charge >= 0.3 is 0 Å². The van der Waals surface area contributed by atoms with Crippen molar-refractivity contribution >= 4 is 34.5 Å². The van der Waals surface area contributed by atoms with Gasteiger partial charge in [0.15, 0.2) is 0 Å². The van der Waals surface area contributed by atoms with Crippen molar-refractivity contribution in [2.45, 2.75) is 45.3 Å². The maximum absolute atomic E-state index is 13.8. The van der Waals surface area contributed by atoms with Crippen LogP contribution in [0.2, 0.25) is 0 Å². The number of hydrogen-bond donors (Lipinski definition) is 0. The first kappa shape index (κ1) is 25.0. The van der Waals surface area contributed by atoms with Gasteiger partial charge in [-0.1, -0.05) is 23.8 Å². The summed E-state index contributed by atoms with van der Waals surface area (Å²) in [6.45, 7) is 6.29. The Hall–Kier alpha value is -2.68. The molecular formula is C28H32N2O4S2. The van der Waals surface area contributed by atoms with Crippen molar-refractivity contribution in [3.05, 3.63) is 73.6 Å². The topological polar surface area (TPSA) is 59.1 Å². The number of ether oxygens (including phenoxy) is 2. The van der Waals surface area contributed by atoms with E-state index in [0.29, 0.717) is 31.2 Å². The molecule has 2 amide bonds. The van der Waals surface area contributed by atoms with E-state index in [4.69, 9.17) is 9.47 Å². The Bertz CT molecular complexity index is 1200. The molecule has 2 aromatic heterocycles. The molecule has 1 saturated heterocycles. The monoisotopic (exact) mass is 524 g/mol. The van der Waals surface area contributed by atoms with E-state index in [1.165, 1.54) is 21.8 Å². The van der Waals surface area contributed by atoms with E-state index in [1.54, 1.807) is 16.2 Å². The smallest absolute Gasteiger partial charge is 0.264 e. The molecule has 0 unspecified atom stereocenters. The molecule has 0 saturated carbocycles. The molecule has 0 bridgehead atoms. The van der Waals surface area contributed by atoms with Crippen LogP contribution in [-0.4, -0.2) is 60.6 Å². The molecule has 6 nitrogen and oxygen atoms in total. The Morgan fingerprint density at radius 2 is 2.06 bits per heavy atom. The van der Waals surface area contributed by atoms with Crippen LogP contribution in [0.1, 0.15) is 50.1 Å². The number of thiophene rings is 2. The zero-order chi connectivity index (χ0) is 25.1. The van der Waals surface area contributed by atoms with Gasteiger partial charge in [-0.3, -0.25) is 9.59 Å². The summed E-state index contributed by atoms with van der Waals surface area (Å²) in [7, 11) is 0. The summed E-state index contributed by atoms with van der Waals surface area (Å²) in [6.07, 6.45) is 2.71. The molecule has 0 spiro atoms. The number of hydrogen-bond acceptors (Lipinski definition) is 6. The molecule has 0 aliphatic carbocycles. The first-order valence-corrected chi connectivity index (χ1v) is 14.3. The number of benzene rings is 1. The lowest BCUT2D eigenvalue weighted by Gasteiger charge is -2.37. The Labute approximate surface area is 220 Å². The summed E-state index contributed by atoms with van der Waals surface area (Å²) < 4.78 is 12.1. The lowest BCUT2D eigenvalue weighted by molar-refractivity contribution is -0.135. The Kier molecular flexibility index (Phi) is 7.74. The summed E-state index contributed by atoms with van der Waals surface area (Å²) in [6, 6.07) is 11.8. The maximum Gasteiger partial charge on any atom is 0.264 e. The van der Waals surface area contributed by atoms with Crippen molar-refractivity contribution in [3.63, 3.8) is 0 Å². The third kappa shape index (κ3) is 5.51. The molecule has 1 aromatic carbocycles. The van der Waals surface area contributed by atoms with Gasteiger partial charge in [0, 0.05) is 24.6 Å². The van der Waals surface area contributed by atoms with Crippen LogP contribution in [0.5, 0.6) is 5.75 Å². The van der Waals surface area contributed by atoms with Gasteiger partial charge in [-0.2, -0.15) is 0 Å². The fourth-order valence-electron chi connectivity index (χ4n) is 5.07. The molecule has 36 heavy (non-hydrogen) atoms. The molecule has 2 aliphatic rings. The second-order valence-corrected chi connectivity index (χ2v) is 11.5. The first-order valence-electron chi connectivity index (χ1n) is 12.5. The molecule has 2 atom stereocenters. The van der Waals surface area contributed by atoms with Crippen LogP contribution >= 0.6 is 22.7 Å². The minimum atomic E-state index is -0.186. The minimum Gasteiger partial charge on any atom is -0.491 e. The highest BCUT2D eigenvalue weighted by atomic mass is 32.1. The van der Waals surface area contributed by atoms with Crippen LogP contribution < -0.4 is 4.74 Å². The molecule has 2 aliphatic heterocycles. The van der Waals surface area contributed by atoms with E-state index in [9.17, 15) is 9.59 Å². The number of fused-ring (bicyclic) bond motifs is 1. The zero-order valence-electron chi connectivity index (χ0n) is 20.8. The fraction of sp³-hybridized carbons (Fsp3) is 0.429. The van der Waals surface area contributed by atoms with Gasteiger partial charge in [-0.25, -0.2) is 0 Å². The van der Waals surface area contributed by atoms with Crippen molar-refractivity contribution in [1.29, 1.82) is 0 Å². The Balaban J connectivity index is 1.34. The SMILES string of the molecule is Cc1ccc(OC[C@@H]2c3ccsc3CCN2C(=O)CN(C[C@@H]2CCCO2)C(=O)c2cccs2)c(C)c1. The van der Waals surface area contributed by atoms with Crippen LogP contribution in [0.3, 0.4) is 0 Å². The number of aryl methyl sites for hydroxylation is 2. The molecule has 3 aromatic rings. The second kappa shape index (κ2) is 11.2. The number of carbonyl (C=O) groups is 2. The van der Waals surface area contributed by atoms with Crippen molar-refractivity contribution < 1.29 is 19.1 Å². The highest BCUT2D eigenvalue weighted by Gasteiger charge is 2.34. The predicted molar refractivity (Wildman–Crippen MR) is 143 cm³/mol. The van der Waals surface area contributed by atoms with E-state index in [-0.39, 0.29) is 30.5 Å². The van der Waals surface area contributed by atoms with E-state index in [1.807, 2.05) is 41.5 Å². The molecule has 0 N–H and O–H groups in total. The average Bonchev–Trinajstić information content (AvgIpc) is 3.65. The van der Waals surface area contributed by atoms with Crippen molar-refractivity contribution in [2.24, 2.45) is 0 Å². The number of nitrogens with zero attached hydrogens (tertiary/aromatic N) is 2. The van der Waals surface area contributed by atoms with E-state index in [2.05, 4.69) is 24.4 Å². The summed E-state index contributed by atoms with van der Waals surface area (Å²) in [5.74, 6) is 0.678. The van der Waals surface area contributed by atoms with Crippen molar-refractivity contribution in [1.82, 2.24) is 9.80 Å². The van der Waals surface area contributed by atoms with Crippen molar-refractivity contribution in [2.75, 3.05) is 32.8 Å². The minimum absolute atomic E-state index is 0.0183. The third-order valence-electron chi connectivity index (χ3n) is 6.94. The Morgan fingerprint density at radius 3 is 2.81 bits per heavy atom. The van der Waals surface area contributed by atoms with E-state index in [0.717, 1.165) is 36.1 Å². The van der Waals surface area contributed by atoms with Gasteiger partial charge in [-0.15, -0.1) is 22.7 Å². The molecule has 0 radical (unpaired) electrons. The highest BCUT2D eigenvalue weighted by Crippen LogP contribution is 2.34. The second-order valence-electron chi connectivity index (χ2n) is 9.53. The molecular weight excluding hydrogens is 492 g/mol. The van der Waals surface area contributed by atoms with Gasteiger partial charge in [-0.05, 0) is 73.2 Å². The largest absolute Gasteiger partial charge is 0.491 e. The van der Waals surface area contributed by atoms with Gasteiger partial charge in [0.2, 0.25) is 5.91 Å². The average molecular weight is 525 g/mol. The highest BCUT2D eigenvalue weighted by molar-refractivity contribution is 7.12. The fourth-order valence-corrected chi connectivity index (χ4v) is 6.69. The lowest BCUT2D eigenvalue weighted by Crippen LogP contribution is -2.49. The van der Waals surface area contributed by atoms with Gasteiger partial charge in [0.25, 0.3) is 5.91 Å². The predicted octanol–water partition coefficient (Wildman–Crippen LogP) is 5.25. The quantitative estimate of drug-likeness (QED) is 0.404. The lowest BCUT2D eigenvalue weighted by atomic mass is 10.00. The van der Waals surface area contributed by atoms with E-state index < -0.39 is 0 Å². The van der Waals surface area contributed by atoms with Gasteiger partial charge in [0.05, 0.1) is 17.0 Å². The number of carbonyl (C=O) groups excluding carboxylic acids is 2. The molecule has 5 rings (SSSR count). The van der Waals surface area contributed by atoms with Crippen LogP contribution in [-0.2, 0) is 16.0 Å². The van der Waals surface area contributed by atoms with E-state index >= 15 is 0 Å². The summed E-state index contributed by atoms with van der Waals surface area (Å²) in [5.41, 5.74) is 3.43. The first-order chi connectivity index (χ1) is 17.5. The zero-order valence-corrected chi connectivity index (χ0v) is 22.4. The Morgan fingerprint density at radius 1 is 1.17 bits per heavy atom. The third-order valence-corrected chi connectivity index (χ3v) is 8.79. The maximum atomic E-state index is 13.8. The summed E-state index contributed by atoms with van der Waals surface area (Å²) in [5, 5.41) is 3.98. The molecule has 1 fully saturated rings. The molecule has 190 valence electrons. The van der Waals surface area contributed by atoms with Crippen LogP contribution in [0, 0.1) is 13.8 Å². The van der Waals surface area contributed by atoms with Crippen molar-refractivity contribution in [3.8, 4) is 5.75 Å². The number of rotatable bonds is 8. The van der Waals surface area contributed by atoms with Gasteiger partial charge in [0.1, 0.15) is 18.9 Å². The normalized spacial score (nSPS) is 19.2. The summed E-state index contributed by atoms with van der Waals surface area (Å²) >= 11 is 3.14. The van der Waals surface area contributed by atoms with Crippen LogP contribution in [0.25, 0.3) is 0 Å². The van der Waals surface area contributed by atoms with Gasteiger partial charge < -0.3 is 19.3 Å². The van der Waals surface area contributed by atoms with Crippen LogP contribution in [0.4, 0.5) is 0 Å². The number of amides is 2. The van der Waals surface area contributed by atoms with Crippen LogP contribution in [0.15, 0.2) is 47.2 Å². The molecule has 8 heteroatoms. The summed E-state index contributed by atoms with van der Waals surface area (Å²) in [4.78, 5) is 32.6. The standard InChI is InChI=1S/C28H32N2O4S2/c1-19-7-8-24(20(2)15-19)34-18-23-22-10-14-36-25(22)9-11-30(23)27(31)17-29(16-21-5-3-12-33-21)28(32)26-6-4-13-35-26/h4,6-8,10,13-15,21,23H,3,5,9,11-12,16-18H2,1-2H3/t21-,23+/m0/s1.